The van der Waals surface area contributed by atoms with Gasteiger partial charge < -0.3 is 9.47 Å². The first-order valence-electron chi connectivity index (χ1n) is 9.34. The topological polar surface area (TPSA) is 65.0 Å². The monoisotopic (exact) mass is 445 g/mol. The molecule has 1 aliphatic heterocycles. The SMILES string of the molecule is CC1=NC(C)=C(C(=O)OCCCl)C(c2ccccc2C(F)(F)F)C1C(=O)OC(C)C. The molecule has 1 heterocycles. The van der Waals surface area contributed by atoms with Crippen molar-refractivity contribution in [2.45, 2.75) is 45.9 Å². The highest BCUT2D eigenvalue weighted by Gasteiger charge is 2.46. The molecule has 0 aliphatic carbocycles. The first-order valence-corrected chi connectivity index (χ1v) is 9.88. The zero-order valence-electron chi connectivity index (χ0n) is 17.0. The molecular weight excluding hydrogens is 423 g/mol. The fourth-order valence-electron chi connectivity index (χ4n) is 3.48. The summed E-state index contributed by atoms with van der Waals surface area (Å²) in [5, 5.41) is 0. The number of allylic oxidation sites excluding steroid dienone is 1. The van der Waals surface area contributed by atoms with Crippen molar-refractivity contribution in [3.63, 3.8) is 0 Å². The largest absolute Gasteiger partial charge is 0.462 e. The van der Waals surface area contributed by atoms with E-state index in [2.05, 4.69) is 4.99 Å². The van der Waals surface area contributed by atoms with E-state index < -0.39 is 41.6 Å². The van der Waals surface area contributed by atoms with Gasteiger partial charge in [0, 0.05) is 17.3 Å². The molecule has 2 rings (SSSR count). The van der Waals surface area contributed by atoms with Gasteiger partial charge in [-0.05, 0) is 39.3 Å². The molecule has 9 heteroatoms. The van der Waals surface area contributed by atoms with Crippen molar-refractivity contribution in [3.8, 4) is 0 Å². The molecule has 30 heavy (non-hydrogen) atoms. The minimum absolute atomic E-state index is 0.0169. The maximum atomic E-state index is 13.8. The summed E-state index contributed by atoms with van der Waals surface area (Å²) in [7, 11) is 0. The number of benzene rings is 1. The number of rotatable bonds is 6. The summed E-state index contributed by atoms with van der Waals surface area (Å²) in [5.74, 6) is -4.09. The molecule has 5 nitrogen and oxygen atoms in total. The summed E-state index contributed by atoms with van der Waals surface area (Å²) in [6, 6.07) is 4.84. The van der Waals surface area contributed by atoms with Crippen molar-refractivity contribution in [1.29, 1.82) is 0 Å². The highest BCUT2D eigenvalue weighted by Crippen LogP contribution is 2.45. The Morgan fingerprint density at radius 3 is 2.40 bits per heavy atom. The van der Waals surface area contributed by atoms with Gasteiger partial charge in [-0.1, -0.05) is 18.2 Å². The number of alkyl halides is 4. The first-order chi connectivity index (χ1) is 14.0. The summed E-state index contributed by atoms with van der Waals surface area (Å²) in [4.78, 5) is 29.9. The van der Waals surface area contributed by atoms with Gasteiger partial charge in [-0.3, -0.25) is 9.79 Å². The lowest BCUT2D eigenvalue weighted by molar-refractivity contribution is -0.151. The molecule has 0 saturated carbocycles. The number of hydrogen-bond acceptors (Lipinski definition) is 5. The molecule has 0 amide bonds. The number of aliphatic imine (C=N–C) groups is 1. The van der Waals surface area contributed by atoms with E-state index in [1.807, 2.05) is 0 Å². The van der Waals surface area contributed by atoms with Crippen molar-refractivity contribution in [2.75, 3.05) is 12.5 Å². The number of nitrogens with zero attached hydrogens (tertiary/aromatic N) is 1. The molecule has 1 aromatic rings. The Hall–Kier alpha value is -2.35. The van der Waals surface area contributed by atoms with Gasteiger partial charge in [0.2, 0.25) is 0 Å². The lowest BCUT2D eigenvalue weighted by Gasteiger charge is -2.33. The van der Waals surface area contributed by atoms with Gasteiger partial charge in [-0.2, -0.15) is 13.2 Å². The van der Waals surface area contributed by atoms with Gasteiger partial charge >= 0.3 is 18.1 Å². The molecule has 164 valence electrons. The summed E-state index contributed by atoms with van der Waals surface area (Å²) in [6.45, 7) is 6.15. The minimum atomic E-state index is -4.69. The van der Waals surface area contributed by atoms with Gasteiger partial charge in [0.25, 0.3) is 0 Å². The number of halogens is 4. The van der Waals surface area contributed by atoms with E-state index in [-0.39, 0.29) is 35.0 Å². The van der Waals surface area contributed by atoms with Crippen LogP contribution in [0.4, 0.5) is 13.2 Å². The van der Waals surface area contributed by atoms with Gasteiger partial charge in [0.1, 0.15) is 12.5 Å². The van der Waals surface area contributed by atoms with Crippen LogP contribution in [0.25, 0.3) is 0 Å². The minimum Gasteiger partial charge on any atom is -0.462 e. The first kappa shape index (κ1) is 23.9. The predicted molar refractivity (Wildman–Crippen MR) is 106 cm³/mol. The van der Waals surface area contributed by atoms with Gasteiger partial charge in [-0.25, -0.2) is 4.79 Å². The van der Waals surface area contributed by atoms with Crippen LogP contribution >= 0.6 is 11.6 Å². The zero-order chi connectivity index (χ0) is 22.6. The standard InChI is InChI=1S/C21H23ClF3NO4/c1-11(2)30-20(28)17-13(4)26-12(3)16(19(27)29-10-9-22)18(17)14-7-5-6-8-15(14)21(23,24)25/h5-8,11,17-18H,9-10H2,1-4H3. The maximum Gasteiger partial charge on any atom is 0.416 e. The summed E-state index contributed by atoms with van der Waals surface area (Å²) >= 11 is 5.58. The van der Waals surface area contributed by atoms with Crippen molar-refractivity contribution in [3.05, 3.63) is 46.7 Å². The Labute approximate surface area is 177 Å². The number of ether oxygens (including phenoxy) is 2. The van der Waals surface area contributed by atoms with Crippen LogP contribution in [-0.2, 0) is 25.2 Å². The Kier molecular flexibility index (Phi) is 7.69. The van der Waals surface area contributed by atoms with Gasteiger partial charge in [0.05, 0.1) is 23.1 Å². The summed E-state index contributed by atoms with van der Waals surface area (Å²) in [5.41, 5.74) is -0.839. The third-order valence-electron chi connectivity index (χ3n) is 4.57. The van der Waals surface area contributed by atoms with Gasteiger partial charge in [0.15, 0.2) is 0 Å². The van der Waals surface area contributed by atoms with Crippen molar-refractivity contribution in [1.82, 2.24) is 0 Å². The van der Waals surface area contributed by atoms with Crippen LogP contribution in [0.1, 0.15) is 44.7 Å². The van der Waals surface area contributed by atoms with E-state index >= 15 is 0 Å². The highest BCUT2D eigenvalue weighted by atomic mass is 35.5. The molecule has 0 fully saturated rings. The fraction of sp³-hybridized carbons (Fsp3) is 0.476. The van der Waals surface area contributed by atoms with Crippen LogP contribution in [0.5, 0.6) is 0 Å². The average molecular weight is 446 g/mol. The Morgan fingerprint density at radius 1 is 1.20 bits per heavy atom. The van der Waals surface area contributed by atoms with E-state index in [1.54, 1.807) is 13.8 Å². The van der Waals surface area contributed by atoms with E-state index in [0.29, 0.717) is 0 Å². The van der Waals surface area contributed by atoms with Crippen molar-refractivity contribution >= 4 is 29.3 Å². The van der Waals surface area contributed by atoms with E-state index in [9.17, 15) is 22.8 Å². The van der Waals surface area contributed by atoms with Gasteiger partial charge in [-0.15, -0.1) is 11.6 Å². The molecule has 0 saturated heterocycles. The molecule has 1 aliphatic rings. The van der Waals surface area contributed by atoms with Crippen LogP contribution in [0, 0.1) is 5.92 Å². The quantitative estimate of drug-likeness (QED) is 0.462. The van der Waals surface area contributed by atoms with Crippen LogP contribution in [-0.4, -0.2) is 36.2 Å². The normalized spacial score (nSPS) is 19.6. The average Bonchev–Trinajstić information content (AvgIpc) is 2.64. The Morgan fingerprint density at radius 2 is 1.83 bits per heavy atom. The van der Waals surface area contributed by atoms with Crippen LogP contribution in [0.2, 0.25) is 0 Å². The van der Waals surface area contributed by atoms with Crippen molar-refractivity contribution in [2.24, 2.45) is 10.9 Å². The molecule has 0 radical (unpaired) electrons. The smallest absolute Gasteiger partial charge is 0.416 e. The van der Waals surface area contributed by atoms with Crippen molar-refractivity contribution < 1.29 is 32.2 Å². The lowest BCUT2D eigenvalue weighted by atomic mass is 9.74. The highest BCUT2D eigenvalue weighted by molar-refractivity contribution is 6.18. The van der Waals surface area contributed by atoms with E-state index in [1.165, 1.54) is 32.0 Å². The van der Waals surface area contributed by atoms with Crippen LogP contribution < -0.4 is 0 Å². The molecule has 0 bridgehead atoms. The number of carbonyl (C=O) groups is 2. The fourth-order valence-corrected chi connectivity index (χ4v) is 3.56. The molecule has 1 aromatic carbocycles. The zero-order valence-corrected chi connectivity index (χ0v) is 17.8. The molecule has 0 N–H and O–H groups in total. The number of hydrogen-bond donors (Lipinski definition) is 0. The van der Waals surface area contributed by atoms with Crippen LogP contribution in [0.15, 0.2) is 40.5 Å². The molecular formula is C21H23ClF3NO4. The Bertz CT molecular complexity index is 877. The lowest BCUT2D eigenvalue weighted by Crippen LogP contribution is -2.38. The predicted octanol–water partition coefficient (Wildman–Crippen LogP) is 4.89. The third kappa shape index (κ3) is 5.22. The number of esters is 2. The van der Waals surface area contributed by atoms with Crippen LogP contribution in [0.3, 0.4) is 0 Å². The van der Waals surface area contributed by atoms with E-state index in [4.69, 9.17) is 21.1 Å². The Balaban J connectivity index is 2.73. The van der Waals surface area contributed by atoms with E-state index in [0.717, 1.165) is 6.07 Å². The summed E-state index contributed by atoms with van der Waals surface area (Å²) < 4.78 is 51.7. The maximum absolute atomic E-state index is 13.8. The number of carbonyl (C=O) groups excluding carboxylic acids is 2. The molecule has 2 atom stereocenters. The second-order valence-corrected chi connectivity index (χ2v) is 7.48. The molecule has 0 aromatic heterocycles. The third-order valence-corrected chi connectivity index (χ3v) is 4.72. The second kappa shape index (κ2) is 9.64. The molecule has 0 spiro atoms. The summed E-state index contributed by atoms with van der Waals surface area (Å²) in [6.07, 6.45) is -5.19. The molecule has 2 unspecified atom stereocenters. The second-order valence-electron chi connectivity index (χ2n) is 7.10.